The smallest absolute Gasteiger partial charge is 0.320 e. The van der Waals surface area contributed by atoms with Gasteiger partial charge >= 0.3 is 5.97 Å². The van der Waals surface area contributed by atoms with Crippen LogP contribution in [0.2, 0.25) is 0 Å². The number of hydrogen-bond acceptors (Lipinski definition) is 5. The SMILES string of the molecule is CCCN(CCC)CC(=O)OC1C[C@H](O)C[C@@H]2CC[C@H]3[C@@H]4CC[C@H](C(C)=O)[C@@]4(C)CC[C@@H]3[C@@]12C. The molecule has 0 bridgehead atoms. The lowest BCUT2D eigenvalue weighted by Gasteiger charge is -2.62. The monoisotopic (exact) mass is 475 g/mol. The van der Waals surface area contributed by atoms with Gasteiger partial charge in [0.25, 0.3) is 0 Å². The Morgan fingerprint density at radius 1 is 0.971 bits per heavy atom. The molecule has 4 rings (SSSR count). The van der Waals surface area contributed by atoms with Crippen LogP contribution >= 0.6 is 0 Å². The van der Waals surface area contributed by atoms with E-state index in [1.54, 1.807) is 6.92 Å². The minimum atomic E-state index is -0.378. The van der Waals surface area contributed by atoms with Gasteiger partial charge in [-0.25, -0.2) is 0 Å². The first-order chi connectivity index (χ1) is 16.1. The number of aliphatic hydroxyl groups excluding tert-OH is 1. The van der Waals surface area contributed by atoms with Gasteiger partial charge in [-0.15, -0.1) is 0 Å². The number of Topliss-reactive ketones (excluding diaryl/α,β-unsaturated/α-hetero) is 1. The number of ether oxygens (including phenoxy) is 1. The number of fused-ring (bicyclic) bond motifs is 5. The Balaban J connectivity index is 1.55. The molecule has 1 N–H and O–H groups in total. The fraction of sp³-hybridized carbons (Fsp3) is 0.931. The van der Waals surface area contributed by atoms with Gasteiger partial charge in [0.1, 0.15) is 11.9 Å². The molecule has 0 aromatic rings. The van der Waals surface area contributed by atoms with Crippen molar-refractivity contribution in [2.24, 2.45) is 40.4 Å². The van der Waals surface area contributed by atoms with Crippen molar-refractivity contribution in [3.8, 4) is 0 Å². The molecule has 0 radical (unpaired) electrons. The molecule has 0 heterocycles. The molecule has 4 saturated carbocycles. The maximum atomic E-state index is 13.1. The van der Waals surface area contributed by atoms with E-state index in [2.05, 4.69) is 32.6 Å². The van der Waals surface area contributed by atoms with E-state index in [0.717, 1.165) is 58.0 Å². The minimum Gasteiger partial charge on any atom is -0.461 e. The van der Waals surface area contributed by atoms with Crippen molar-refractivity contribution in [1.82, 2.24) is 4.90 Å². The van der Waals surface area contributed by atoms with Crippen molar-refractivity contribution >= 4 is 11.8 Å². The van der Waals surface area contributed by atoms with Gasteiger partial charge in [-0.05, 0) is 107 Å². The van der Waals surface area contributed by atoms with Crippen molar-refractivity contribution in [2.75, 3.05) is 19.6 Å². The number of carbonyl (C=O) groups is 2. The van der Waals surface area contributed by atoms with Crippen LogP contribution in [-0.4, -0.2) is 53.6 Å². The largest absolute Gasteiger partial charge is 0.461 e. The summed E-state index contributed by atoms with van der Waals surface area (Å²) in [5, 5.41) is 10.7. The van der Waals surface area contributed by atoms with E-state index in [9.17, 15) is 14.7 Å². The normalized spacial score (nSPS) is 43.7. The summed E-state index contributed by atoms with van der Waals surface area (Å²) in [5.41, 5.74) is 0.0607. The van der Waals surface area contributed by atoms with E-state index in [4.69, 9.17) is 4.74 Å². The van der Waals surface area contributed by atoms with E-state index >= 15 is 0 Å². The first-order valence-electron chi connectivity index (χ1n) is 14.2. The first-order valence-corrected chi connectivity index (χ1v) is 14.2. The van der Waals surface area contributed by atoms with E-state index in [1.165, 1.54) is 12.8 Å². The number of nitrogens with zero attached hydrogens (tertiary/aromatic N) is 1. The fourth-order valence-electron chi connectivity index (χ4n) is 9.39. The highest BCUT2D eigenvalue weighted by Gasteiger charge is 2.63. The molecule has 194 valence electrons. The van der Waals surface area contributed by atoms with Crippen molar-refractivity contribution in [1.29, 1.82) is 0 Å². The van der Waals surface area contributed by atoms with Crippen molar-refractivity contribution < 1.29 is 19.4 Å². The Kier molecular flexibility index (Phi) is 7.84. The summed E-state index contributed by atoms with van der Waals surface area (Å²) in [4.78, 5) is 27.8. The maximum absolute atomic E-state index is 13.1. The third kappa shape index (κ3) is 4.49. The Morgan fingerprint density at radius 2 is 1.68 bits per heavy atom. The van der Waals surface area contributed by atoms with Gasteiger partial charge in [-0.2, -0.15) is 0 Å². The minimum absolute atomic E-state index is 0.0756. The molecule has 5 nitrogen and oxygen atoms in total. The zero-order chi connectivity index (χ0) is 24.7. The number of aliphatic hydroxyl groups is 1. The van der Waals surface area contributed by atoms with Crippen LogP contribution in [-0.2, 0) is 14.3 Å². The van der Waals surface area contributed by atoms with Crippen LogP contribution in [0.1, 0.15) is 98.8 Å². The number of carbonyl (C=O) groups excluding carboxylic acids is 2. The molecule has 4 aliphatic carbocycles. The van der Waals surface area contributed by atoms with Gasteiger partial charge < -0.3 is 9.84 Å². The molecule has 1 unspecified atom stereocenters. The zero-order valence-electron chi connectivity index (χ0n) is 22.4. The summed E-state index contributed by atoms with van der Waals surface area (Å²) < 4.78 is 6.31. The van der Waals surface area contributed by atoms with E-state index in [0.29, 0.717) is 42.4 Å². The molecule has 0 aliphatic heterocycles. The van der Waals surface area contributed by atoms with E-state index < -0.39 is 0 Å². The standard InChI is InChI=1S/C29H49NO4/c1-6-14-30(15-7-2)18-27(33)34-26-17-21(32)16-20-8-9-22-24-11-10-23(19(3)31)28(24,4)13-12-25(22)29(20,26)5/h20-26,32H,6-18H2,1-5H3/t20-,21+,22-,23+,24-,25-,26?,28+,29-/m0/s1. The van der Waals surface area contributed by atoms with Crippen LogP contribution < -0.4 is 0 Å². The predicted molar refractivity (Wildman–Crippen MR) is 134 cm³/mol. The van der Waals surface area contributed by atoms with Crippen LogP contribution in [0.3, 0.4) is 0 Å². The van der Waals surface area contributed by atoms with Gasteiger partial charge in [-0.3, -0.25) is 14.5 Å². The third-order valence-electron chi connectivity index (χ3n) is 10.9. The molecule has 0 aromatic carbocycles. The first kappa shape index (κ1) is 26.1. The molecule has 0 amide bonds. The summed E-state index contributed by atoms with van der Waals surface area (Å²) in [6.07, 6.45) is 9.62. The molecule has 0 spiro atoms. The summed E-state index contributed by atoms with van der Waals surface area (Å²) in [7, 11) is 0. The summed E-state index contributed by atoms with van der Waals surface area (Å²) >= 11 is 0. The quantitative estimate of drug-likeness (QED) is 0.486. The highest BCUT2D eigenvalue weighted by atomic mass is 16.5. The zero-order valence-corrected chi connectivity index (χ0v) is 22.4. The predicted octanol–water partition coefficient (Wildman–Crippen LogP) is 5.24. The van der Waals surface area contributed by atoms with Crippen LogP contribution in [0.25, 0.3) is 0 Å². The summed E-state index contributed by atoms with van der Waals surface area (Å²) in [6.45, 7) is 13.0. The Bertz CT molecular complexity index is 748. The lowest BCUT2D eigenvalue weighted by molar-refractivity contribution is -0.203. The Hall–Kier alpha value is -0.940. The van der Waals surface area contributed by atoms with Crippen molar-refractivity contribution in [2.45, 2.75) is 111 Å². The summed E-state index contributed by atoms with van der Waals surface area (Å²) in [6, 6.07) is 0. The lowest BCUT2D eigenvalue weighted by Crippen LogP contribution is -2.60. The topological polar surface area (TPSA) is 66.8 Å². The number of rotatable bonds is 8. The van der Waals surface area contributed by atoms with Crippen molar-refractivity contribution in [3.05, 3.63) is 0 Å². The second kappa shape index (κ2) is 10.2. The number of hydrogen-bond donors (Lipinski definition) is 1. The van der Waals surface area contributed by atoms with Crippen LogP contribution in [0.15, 0.2) is 0 Å². The Labute approximate surface area is 207 Å². The fourth-order valence-corrected chi connectivity index (χ4v) is 9.39. The molecule has 4 aliphatic rings. The maximum Gasteiger partial charge on any atom is 0.320 e. The van der Waals surface area contributed by atoms with Crippen molar-refractivity contribution in [3.63, 3.8) is 0 Å². The molecule has 5 heteroatoms. The number of esters is 1. The second-order valence-electron chi connectivity index (χ2n) is 12.7. The van der Waals surface area contributed by atoms with Crippen LogP contribution in [0, 0.1) is 40.4 Å². The molecule has 0 saturated heterocycles. The lowest BCUT2D eigenvalue weighted by atomic mass is 9.44. The van der Waals surface area contributed by atoms with E-state index in [-0.39, 0.29) is 34.9 Å². The summed E-state index contributed by atoms with van der Waals surface area (Å²) in [5.74, 6) is 2.60. The second-order valence-corrected chi connectivity index (χ2v) is 12.7. The highest BCUT2D eigenvalue weighted by Crippen LogP contribution is 2.67. The van der Waals surface area contributed by atoms with Gasteiger partial charge in [0.2, 0.25) is 0 Å². The molecular weight excluding hydrogens is 426 g/mol. The number of ketones is 1. The molecule has 0 aromatic heterocycles. The third-order valence-corrected chi connectivity index (χ3v) is 10.9. The highest BCUT2D eigenvalue weighted by molar-refractivity contribution is 5.79. The average molecular weight is 476 g/mol. The van der Waals surface area contributed by atoms with Gasteiger partial charge in [0.15, 0.2) is 0 Å². The van der Waals surface area contributed by atoms with Gasteiger partial charge in [0, 0.05) is 17.8 Å². The average Bonchev–Trinajstić information content (AvgIpc) is 3.12. The molecule has 9 atom stereocenters. The van der Waals surface area contributed by atoms with Crippen LogP contribution in [0.4, 0.5) is 0 Å². The molecule has 4 fully saturated rings. The Morgan fingerprint density at radius 3 is 2.32 bits per heavy atom. The van der Waals surface area contributed by atoms with Gasteiger partial charge in [-0.1, -0.05) is 27.7 Å². The van der Waals surface area contributed by atoms with E-state index in [1.807, 2.05) is 0 Å². The molecular formula is C29H49NO4. The molecule has 34 heavy (non-hydrogen) atoms. The van der Waals surface area contributed by atoms with Gasteiger partial charge in [0.05, 0.1) is 12.6 Å². The van der Waals surface area contributed by atoms with Crippen LogP contribution in [0.5, 0.6) is 0 Å².